The number of hydrogen-bond donors (Lipinski definition) is 1. The first-order valence-corrected chi connectivity index (χ1v) is 3.75. The normalized spacial score (nSPS) is 19.3. The lowest BCUT2D eigenvalue weighted by Gasteiger charge is -2.22. The zero-order valence-electron chi connectivity index (χ0n) is 5.24. The van der Waals surface area contributed by atoms with E-state index in [0.29, 0.717) is 0 Å². The maximum absolute atomic E-state index is 8.86. The lowest BCUT2D eigenvalue weighted by atomic mass is 10.2. The van der Waals surface area contributed by atoms with Crippen molar-refractivity contribution in [2.24, 2.45) is 0 Å². The van der Waals surface area contributed by atoms with Gasteiger partial charge in [-0.05, 0) is 13.8 Å². The summed E-state index contributed by atoms with van der Waals surface area (Å²) in [6, 6.07) is 0. The average molecular weight is 191 g/mol. The predicted octanol–water partition coefficient (Wildman–Crippen LogP) is 2.17. The highest BCUT2D eigenvalue weighted by Gasteiger charge is 2.31. The molecule has 0 saturated heterocycles. The van der Waals surface area contributed by atoms with Gasteiger partial charge in [-0.15, -0.1) is 34.8 Å². The Bertz CT molecular complexity index is 86.7. The maximum atomic E-state index is 8.86. The van der Waals surface area contributed by atoms with E-state index in [4.69, 9.17) is 39.9 Å². The Hall–Kier alpha value is 0.830. The van der Waals surface area contributed by atoms with Crippen LogP contribution < -0.4 is 0 Å². The minimum atomic E-state index is -1.06. The third-order valence-electron chi connectivity index (χ3n) is 0.908. The predicted molar refractivity (Wildman–Crippen MR) is 41.4 cm³/mol. The standard InChI is InChI=1S/C5H9Cl3O/c1-3(9)4(6)5(2,7)8/h3-4,9H,1-2H3. The molecular weight excluding hydrogens is 182 g/mol. The molecule has 0 aromatic rings. The second kappa shape index (κ2) is 3.29. The van der Waals surface area contributed by atoms with Gasteiger partial charge in [-0.2, -0.15) is 0 Å². The number of aliphatic hydroxyl groups excluding tert-OH is 1. The van der Waals surface area contributed by atoms with Crippen LogP contribution in [0.4, 0.5) is 0 Å². The summed E-state index contributed by atoms with van der Waals surface area (Å²) in [5.41, 5.74) is 0. The van der Waals surface area contributed by atoms with Crippen molar-refractivity contribution in [3.63, 3.8) is 0 Å². The lowest BCUT2D eigenvalue weighted by Crippen LogP contribution is -2.32. The molecule has 0 radical (unpaired) electrons. The summed E-state index contributed by atoms with van der Waals surface area (Å²) in [5.74, 6) is 0. The second-order valence-electron chi connectivity index (χ2n) is 2.10. The third-order valence-corrected chi connectivity index (χ3v) is 2.40. The van der Waals surface area contributed by atoms with Crippen LogP contribution in [0.5, 0.6) is 0 Å². The van der Waals surface area contributed by atoms with Gasteiger partial charge in [0.15, 0.2) is 0 Å². The molecule has 1 nitrogen and oxygen atoms in total. The molecule has 0 aliphatic heterocycles. The Morgan fingerprint density at radius 1 is 1.44 bits per heavy atom. The van der Waals surface area contributed by atoms with E-state index in [0.717, 1.165) is 0 Å². The first-order chi connectivity index (χ1) is 3.85. The van der Waals surface area contributed by atoms with Gasteiger partial charge in [-0.1, -0.05) is 0 Å². The number of aliphatic hydroxyl groups is 1. The molecule has 0 amide bonds. The van der Waals surface area contributed by atoms with E-state index in [1.54, 1.807) is 13.8 Å². The molecule has 0 rings (SSSR count). The van der Waals surface area contributed by atoms with Gasteiger partial charge in [0.1, 0.15) is 4.33 Å². The van der Waals surface area contributed by atoms with Crippen LogP contribution in [0, 0.1) is 0 Å². The van der Waals surface area contributed by atoms with Crippen LogP contribution in [0.25, 0.3) is 0 Å². The maximum Gasteiger partial charge on any atom is 0.134 e. The molecule has 56 valence electrons. The van der Waals surface area contributed by atoms with Gasteiger partial charge in [0.05, 0.1) is 11.5 Å². The van der Waals surface area contributed by atoms with Crippen molar-refractivity contribution in [1.82, 2.24) is 0 Å². The van der Waals surface area contributed by atoms with Crippen molar-refractivity contribution in [2.45, 2.75) is 29.7 Å². The van der Waals surface area contributed by atoms with E-state index in [-0.39, 0.29) is 0 Å². The zero-order chi connectivity index (χ0) is 7.65. The number of alkyl halides is 3. The quantitative estimate of drug-likeness (QED) is 0.663. The molecule has 0 bridgehead atoms. The van der Waals surface area contributed by atoms with Crippen LogP contribution in [0.1, 0.15) is 13.8 Å². The van der Waals surface area contributed by atoms with E-state index >= 15 is 0 Å². The summed E-state index contributed by atoms with van der Waals surface area (Å²) >= 11 is 16.7. The topological polar surface area (TPSA) is 20.2 Å². The molecule has 2 unspecified atom stereocenters. The largest absolute Gasteiger partial charge is 0.392 e. The number of hydrogen-bond acceptors (Lipinski definition) is 1. The van der Waals surface area contributed by atoms with Crippen LogP contribution in [0.3, 0.4) is 0 Å². The fourth-order valence-electron chi connectivity index (χ4n) is 0.424. The summed E-state index contributed by atoms with van der Waals surface area (Å²) in [6.45, 7) is 3.08. The molecule has 0 saturated carbocycles. The van der Waals surface area contributed by atoms with E-state index in [2.05, 4.69) is 0 Å². The van der Waals surface area contributed by atoms with Crippen molar-refractivity contribution in [1.29, 1.82) is 0 Å². The summed E-state index contributed by atoms with van der Waals surface area (Å²) in [7, 11) is 0. The molecular formula is C5H9Cl3O. The lowest BCUT2D eigenvalue weighted by molar-refractivity contribution is 0.184. The van der Waals surface area contributed by atoms with Crippen LogP contribution in [-0.4, -0.2) is 20.9 Å². The first kappa shape index (κ1) is 9.83. The summed E-state index contributed by atoms with van der Waals surface area (Å²) in [5, 5.41) is 8.23. The SMILES string of the molecule is CC(O)C(Cl)C(C)(Cl)Cl. The zero-order valence-corrected chi connectivity index (χ0v) is 7.50. The second-order valence-corrected chi connectivity index (χ2v) is 4.33. The molecule has 4 heteroatoms. The summed E-state index contributed by atoms with van der Waals surface area (Å²) < 4.78 is -1.06. The molecule has 0 spiro atoms. The van der Waals surface area contributed by atoms with E-state index in [9.17, 15) is 0 Å². The molecule has 2 atom stereocenters. The van der Waals surface area contributed by atoms with Gasteiger partial charge >= 0.3 is 0 Å². The molecule has 1 N–H and O–H groups in total. The third kappa shape index (κ3) is 3.51. The van der Waals surface area contributed by atoms with Crippen LogP contribution >= 0.6 is 34.8 Å². The van der Waals surface area contributed by atoms with Crippen molar-refractivity contribution in [3.05, 3.63) is 0 Å². The Balaban J connectivity index is 3.88. The highest BCUT2D eigenvalue weighted by molar-refractivity contribution is 6.52. The Morgan fingerprint density at radius 3 is 1.78 bits per heavy atom. The molecule has 0 aromatic carbocycles. The fraction of sp³-hybridized carbons (Fsp3) is 1.00. The Morgan fingerprint density at radius 2 is 1.78 bits per heavy atom. The van der Waals surface area contributed by atoms with Crippen molar-refractivity contribution in [2.75, 3.05) is 0 Å². The minimum absolute atomic E-state index is 0.624. The van der Waals surface area contributed by atoms with Crippen LogP contribution in [0.15, 0.2) is 0 Å². The first-order valence-electron chi connectivity index (χ1n) is 2.55. The van der Waals surface area contributed by atoms with Gasteiger partial charge in [0, 0.05) is 0 Å². The number of rotatable bonds is 2. The molecule has 0 aliphatic rings. The fourth-order valence-corrected chi connectivity index (χ4v) is 0.788. The van der Waals surface area contributed by atoms with Crippen molar-refractivity contribution < 1.29 is 5.11 Å². The Kier molecular flexibility index (Phi) is 3.59. The van der Waals surface area contributed by atoms with E-state index < -0.39 is 15.8 Å². The van der Waals surface area contributed by atoms with Crippen molar-refractivity contribution >= 4 is 34.8 Å². The Labute approximate surface area is 69.9 Å². The molecule has 9 heavy (non-hydrogen) atoms. The van der Waals surface area contributed by atoms with Crippen molar-refractivity contribution in [3.8, 4) is 0 Å². The van der Waals surface area contributed by atoms with Gasteiger partial charge in [-0.25, -0.2) is 0 Å². The van der Waals surface area contributed by atoms with Gasteiger partial charge in [0.2, 0.25) is 0 Å². The molecule has 0 aliphatic carbocycles. The highest BCUT2D eigenvalue weighted by Crippen LogP contribution is 2.30. The minimum Gasteiger partial charge on any atom is -0.392 e. The monoisotopic (exact) mass is 190 g/mol. The smallest absolute Gasteiger partial charge is 0.134 e. The summed E-state index contributed by atoms with van der Waals surface area (Å²) in [6.07, 6.45) is -0.688. The average Bonchev–Trinajstić information content (AvgIpc) is 1.62. The van der Waals surface area contributed by atoms with Crippen LogP contribution in [-0.2, 0) is 0 Å². The molecule has 0 fully saturated rings. The van der Waals surface area contributed by atoms with E-state index in [1.807, 2.05) is 0 Å². The molecule has 0 heterocycles. The van der Waals surface area contributed by atoms with Gasteiger partial charge in [-0.3, -0.25) is 0 Å². The number of halogens is 3. The van der Waals surface area contributed by atoms with Gasteiger partial charge in [0.25, 0.3) is 0 Å². The van der Waals surface area contributed by atoms with E-state index in [1.165, 1.54) is 0 Å². The van der Waals surface area contributed by atoms with Gasteiger partial charge < -0.3 is 5.11 Å². The molecule has 0 aromatic heterocycles. The summed E-state index contributed by atoms with van der Waals surface area (Å²) in [4.78, 5) is 0. The highest BCUT2D eigenvalue weighted by atomic mass is 35.5. The van der Waals surface area contributed by atoms with Crippen LogP contribution in [0.2, 0.25) is 0 Å².